The van der Waals surface area contributed by atoms with Crippen molar-refractivity contribution in [3.05, 3.63) is 40.3 Å². The van der Waals surface area contributed by atoms with Gasteiger partial charge in [-0.3, -0.25) is 14.2 Å². The zero-order valence-electron chi connectivity index (χ0n) is 16.7. The van der Waals surface area contributed by atoms with Crippen molar-refractivity contribution in [3.63, 3.8) is 0 Å². The molecule has 28 heavy (non-hydrogen) atoms. The summed E-state index contributed by atoms with van der Waals surface area (Å²) in [6.45, 7) is 6.40. The number of anilines is 1. The zero-order valence-corrected chi connectivity index (χ0v) is 17.6. The lowest BCUT2D eigenvalue weighted by Gasteiger charge is -2.26. The highest BCUT2D eigenvalue weighted by molar-refractivity contribution is 7.99. The lowest BCUT2D eigenvalue weighted by atomic mass is 9.92. The number of benzene rings is 1. The summed E-state index contributed by atoms with van der Waals surface area (Å²) in [7, 11) is 3.10. The van der Waals surface area contributed by atoms with Crippen LogP contribution in [0.4, 0.5) is 5.69 Å². The lowest BCUT2D eigenvalue weighted by Crippen LogP contribution is -2.37. The van der Waals surface area contributed by atoms with Gasteiger partial charge in [0.25, 0.3) is 5.56 Å². The van der Waals surface area contributed by atoms with E-state index in [-0.39, 0.29) is 22.8 Å². The summed E-state index contributed by atoms with van der Waals surface area (Å²) < 4.78 is 12.1. The number of aromatic nitrogens is 2. The molecule has 0 saturated heterocycles. The Bertz CT molecular complexity index is 949. The van der Waals surface area contributed by atoms with E-state index in [4.69, 9.17) is 9.47 Å². The largest absolute Gasteiger partial charge is 0.493 e. The Morgan fingerprint density at radius 3 is 2.57 bits per heavy atom. The molecule has 8 heteroatoms. The van der Waals surface area contributed by atoms with Crippen molar-refractivity contribution in [2.24, 2.45) is 5.92 Å². The maximum Gasteiger partial charge on any atom is 0.254 e. The number of amides is 1. The average Bonchev–Trinajstić information content (AvgIpc) is 2.66. The molecular weight excluding hydrogens is 378 g/mol. The van der Waals surface area contributed by atoms with Gasteiger partial charge in [-0.05, 0) is 12.1 Å². The molecule has 0 spiro atoms. The number of thioether (sulfide) groups is 1. The Hall–Kier alpha value is -2.48. The van der Waals surface area contributed by atoms with Crippen LogP contribution in [0.15, 0.2) is 34.2 Å². The van der Waals surface area contributed by atoms with E-state index in [1.54, 1.807) is 43.1 Å². The number of ether oxygens (including phenoxy) is 2. The second-order valence-electron chi connectivity index (χ2n) is 7.69. The second kappa shape index (κ2) is 7.87. The summed E-state index contributed by atoms with van der Waals surface area (Å²) in [5.74, 6) is 1.23. The molecule has 2 aromatic rings. The van der Waals surface area contributed by atoms with Crippen LogP contribution in [0.2, 0.25) is 0 Å². The van der Waals surface area contributed by atoms with Gasteiger partial charge in [-0.1, -0.05) is 32.5 Å². The van der Waals surface area contributed by atoms with Crippen molar-refractivity contribution in [3.8, 4) is 11.5 Å². The molecule has 0 saturated carbocycles. The Kier molecular flexibility index (Phi) is 5.69. The van der Waals surface area contributed by atoms with Crippen molar-refractivity contribution < 1.29 is 14.3 Å². The number of nitrogens with zero attached hydrogens (tertiary/aromatic N) is 2. The third-order valence-corrected chi connectivity index (χ3v) is 5.72. The molecule has 0 radical (unpaired) electrons. The highest BCUT2D eigenvalue weighted by Crippen LogP contribution is 2.31. The van der Waals surface area contributed by atoms with E-state index in [0.717, 1.165) is 5.69 Å². The Morgan fingerprint density at radius 1 is 1.21 bits per heavy atom. The molecule has 0 bridgehead atoms. The van der Waals surface area contributed by atoms with Gasteiger partial charge in [0, 0.05) is 35.5 Å². The molecule has 1 aliphatic heterocycles. The predicted molar refractivity (Wildman–Crippen MR) is 110 cm³/mol. The van der Waals surface area contributed by atoms with E-state index < -0.39 is 0 Å². The molecule has 1 amide bonds. The summed E-state index contributed by atoms with van der Waals surface area (Å²) in [6.07, 6.45) is 0. The number of carbonyl (C=O) groups excluding carboxylic acids is 1. The molecule has 7 nitrogen and oxygen atoms in total. The van der Waals surface area contributed by atoms with Crippen molar-refractivity contribution in [1.29, 1.82) is 0 Å². The van der Waals surface area contributed by atoms with Gasteiger partial charge in [-0.2, -0.15) is 0 Å². The molecule has 1 aromatic heterocycles. The molecule has 1 N–H and O–H groups in total. The maximum atomic E-state index is 12.7. The monoisotopic (exact) mass is 403 g/mol. The van der Waals surface area contributed by atoms with E-state index in [0.29, 0.717) is 34.6 Å². The van der Waals surface area contributed by atoms with Crippen molar-refractivity contribution in [2.45, 2.75) is 37.9 Å². The van der Waals surface area contributed by atoms with Gasteiger partial charge >= 0.3 is 0 Å². The van der Waals surface area contributed by atoms with Gasteiger partial charge in [0.05, 0.1) is 25.8 Å². The van der Waals surface area contributed by atoms with Gasteiger partial charge in [0.2, 0.25) is 5.91 Å². The molecule has 1 unspecified atom stereocenters. The molecule has 0 aliphatic carbocycles. The molecule has 0 fully saturated rings. The Morgan fingerprint density at radius 2 is 1.93 bits per heavy atom. The van der Waals surface area contributed by atoms with Crippen LogP contribution in [0, 0.1) is 5.92 Å². The number of rotatable bonds is 4. The van der Waals surface area contributed by atoms with E-state index in [9.17, 15) is 9.59 Å². The molecule has 1 atom stereocenters. The van der Waals surface area contributed by atoms with Crippen molar-refractivity contribution in [1.82, 2.24) is 9.55 Å². The van der Waals surface area contributed by atoms with E-state index in [2.05, 4.69) is 10.3 Å². The van der Waals surface area contributed by atoms with Gasteiger partial charge in [0.15, 0.2) is 16.7 Å². The van der Waals surface area contributed by atoms with Crippen LogP contribution >= 0.6 is 11.8 Å². The summed E-state index contributed by atoms with van der Waals surface area (Å²) in [5, 5.41) is 3.57. The van der Waals surface area contributed by atoms with E-state index in [1.807, 2.05) is 20.8 Å². The topological polar surface area (TPSA) is 82.5 Å². The van der Waals surface area contributed by atoms with Gasteiger partial charge in [0.1, 0.15) is 0 Å². The fourth-order valence-corrected chi connectivity index (χ4v) is 4.00. The summed E-state index contributed by atoms with van der Waals surface area (Å²) in [6, 6.07) is 6.77. The number of nitrogens with one attached hydrogen (secondary N) is 1. The standard InChI is InChI=1S/C20H25N3O4S/c1-20(2,3)16-9-17(24)23-10-12(11-28-19(23)22-16)18(25)21-13-6-7-14(26-4)15(8-13)27-5/h6-9,12H,10-11H2,1-5H3,(H,21,25). The number of hydrogen-bond acceptors (Lipinski definition) is 6. The minimum atomic E-state index is -0.328. The van der Waals surface area contributed by atoms with Crippen LogP contribution in [0.1, 0.15) is 26.5 Å². The molecule has 2 heterocycles. The van der Waals surface area contributed by atoms with Gasteiger partial charge < -0.3 is 14.8 Å². The van der Waals surface area contributed by atoms with Gasteiger partial charge in [-0.15, -0.1) is 0 Å². The summed E-state index contributed by atoms with van der Waals surface area (Å²) >= 11 is 1.44. The molecule has 3 rings (SSSR count). The van der Waals surface area contributed by atoms with Crippen LogP contribution in [0.25, 0.3) is 0 Å². The smallest absolute Gasteiger partial charge is 0.254 e. The SMILES string of the molecule is COc1ccc(NC(=O)C2CSc3nc(C(C)(C)C)cc(=O)n3C2)cc1OC. The minimum absolute atomic E-state index is 0.119. The fourth-order valence-electron chi connectivity index (χ4n) is 2.91. The predicted octanol–water partition coefficient (Wildman–Crippen LogP) is 2.92. The first kappa shape index (κ1) is 20.3. The Labute approximate surface area is 168 Å². The third kappa shape index (κ3) is 4.16. The van der Waals surface area contributed by atoms with Crippen LogP contribution in [-0.4, -0.2) is 35.4 Å². The minimum Gasteiger partial charge on any atom is -0.493 e. The summed E-state index contributed by atoms with van der Waals surface area (Å²) in [5.41, 5.74) is 1.07. The second-order valence-corrected chi connectivity index (χ2v) is 8.68. The number of fused-ring (bicyclic) bond motifs is 1. The van der Waals surface area contributed by atoms with Crippen LogP contribution < -0.4 is 20.3 Å². The first-order valence-electron chi connectivity index (χ1n) is 9.01. The van der Waals surface area contributed by atoms with Crippen molar-refractivity contribution in [2.75, 3.05) is 25.3 Å². The summed E-state index contributed by atoms with van der Waals surface area (Å²) in [4.78, 5) is 29.9. The highest BCUT2D eigenvalue weighted by atomic mass is 32.2. The number of hydrogen-bond donors (Lipinski definition) is 1. The maximum absolute atomic E-state index is 12.7. The number of methoxy groups -OCH3 is 2. The van der Waals surface area contributed by atoms with Crippen molar-refractivity contribution >= 4 is 23.4 Å². The lowest BCUT2D eigenvalue weighted by molar-refractivity contribution is -0.119. The number of carbonyl (C=O) groups is 1. The Balaban J connectivity index is 1.77. The van der Waals surface area contributed by atoms with Crippen LogP contribution in [0.5, 0.6) is 11.5 Å². The quantitative estimate of drug-likeness (QED) is 0.791. The first-order valence-corrected chi connectivity index (χ1v) is 9.99. The molecular formula is C20H25N3O4S. The highest BCUT2D eigenvalue weighted by Gasteiger charge is 2.28. The van der Waals surface area contributed by atoms with Crippen LogP contribution in [0.3, 0.4) is 0 Å². The normalized spacial score (nSPS) is 16.2. The average molecular weight is 404 g/mol. The molecule has 1 aliphatic rings. The first-order chi connectivity index (χ1) is 13.2. The molecule has 150 valence electrons. The third-order valence-electron chi connectivity index (χ3n) is 4.58. The van der Waals surface area contributed by atoms with Crippen LogP contribution in [-0.2, 0) is 16.8 Å². The van der Waals surface area contributed by atoms with E-state index >= 15 is 0 Å². The molecule has 1 aromatic carbocycles. The fraction of sp³-hybridized carbons (Fsp3) is 0.450. The zero-order chi connectivity index (χ0) is 20.5. The van der Waals surface area contributed by atoms with E-state index in [1.165, 1.54) is 11.8 Å². The van der Waals surface area contributed by atoms with Gasteiger partial charge in [-0.25, -0.2) is 4.98 Å².